The molecule has 0 radical (unpaired) electrons. The van der Waals surface area contributed by atoms with Crippen LogP contribution in [0.1, 0.15) is 64.9 Å². The Labute approximate surface area is 170 Å². The third kappa shape index (κ3) is 2.93. The van der Waals surface area contributed by atoms with Crippen LogP contribution >= 0.6 is 0 Å². The SMILES string of the molecule is CC1(C)CC2CC(C)(C(=O)N3CC4(CCNC4)C3)CC(c3ccccc3)(C2)C1. The Morgan fingerprint density at radius 3 is 2.46 bits per heavy atom. The Balaban J connectivity index is 1.43. The van der Waals surface area contributed by atoms with Gasteiger partial charge in [0, 0.05) is 30.5 Å². The van der Waals surface area contributed by atoms with E-state index in [0.29, 0.717) is 22.7 Å². The van der Waals surface area contributed by atoms with Gasteiger partial charge in [0.25, 0.3) is 0 Å². The maximum atomic E-state index is 13.7. The molecule has 3 atom stereocenters. The molecule has 2 bridgehead atoms. The molecule has 2 heterocycles. The van der Waals surface area contributed by atoms with Crippen molar-refractivity contribution >= 4 is 5.91 Å². The summed E-state index contributed by atoms with van der Waals surface area (Å²) in [6.07, 6.45) is 7.06. The summed E-state index contributed by atoms with van der Waals surface area (Å²) in [5.74, 6) is 1.10. The van der Waals surface area contributed by atoms with Crippen molar-refractivity contribution in [2.45, 2.75) is 64.7 Å². The highest BCUT2D eigenvalue weighted by molar-refractivity contribution is 5.83. The lowest BCUT2D eigenvalue weighted by Crippen LogP contribution is -2.64. The topological polar surface area (TPSA) is 32.3 Å². The Bertz CT molecular complexity index is 758. The van der Waals surface area contributed by atoms with Crippen molar-refractivity contribution in [3.8, 4) is 0 Å². The molecule has 4 fully saturated rings. The number of nitrogens with zero attached hydrogens (tertiary/aromatic N) is 1. The van der Waals surface area contributed by atoms with E-state index in [9.17, 15) is 4.79 Å². The van der Waals surface area contributed by atoms with Gasteiger partial charge in [-0.15, -0.1) is 0 Å². The van der Waals surface area contributed by atoms with Gasteiger partial charge < -0.3 is 10.2 Å². The summed E-state index contributed by atoms with van der Waals surface area (Å²) in [4.78, 5) is 15.9. The van der Waals surface area contributed by atoms with E-state index < -0.39 is 0 Å². The van der Waals surface area contributed by atoms with Gasteiger partial charge in [0.1, 0.15) is 0 Å². The lowest BCUT2D eigenvalue weighted by Gasteiger charge is -2.59. The van der Waals surface area contributed by atoms with Crippen LogP contribution in [0.4, 0.5) is 0 Å². The van der Waals surface area contributed by atoms with Gasteiger partial charge >= 0.3 is 0 Å². The Hall–Kier alpha value is -1.35. The molecule has 1 spiro atoms. The molecule has 2 saturated heterocycles. The highest BCUT2D eigenvalue weighted by Gasteiger charge is 2.58. The number of fused-ring (bicyclic) bond motifs is 2. The van der Waals surface area contributed by atoms with Crippen LogP contribution in [0, 0.1) is 22.2 Å². The molecule has 3 heteroatoms. The van der Waals surface area contributed by atoms with Gasteiger partial charge in [0.15, 0.2) is 0 Å². The Kier molecular flexibility index (Phi) is 4.05. The lowest BCUT2D eigenvalue weighted by molar-refractivity contribution is -0.160. The molecular weight excluding hydrogens is 344 g/mol. The predicted octanol–water partition coefficient (Wildman–Crippen LogP) is 4.37. The summed E-state index contributed by atoms with van der Waals surface area (Å²) in [5.41, 5.74) is 2.16. The van der Waals surface area contributed by atoms with Crippen molar-refractivity contribution in [2.24, 2.45) is 22.2 Å². The molecular formula is C25H36N2O. The fourth-order valence-corrected chi connectivity index (χ4v) is 7.83. The zero-order chi connectivity index (χ0) is 19.6. The van der Waals surface area contributed by atoms with Crippen LogP contribution in [0.25, 0.3) is 0 Å². The summed E-state index contributed by atoms with van der Waals surface area (Å²) in [7, 11) is 0. The maximum absolute atomic E-state index is 13.7. The second-order valence-electron chi connectivity index (χ2n) is 11.8. The van der Waals surface area contributed by atoms with Crippen LogP contribution in [-0.4, -0.2) is 37.0 Å². The Morgan fingerprint density at radius 2 is 1.79 bits per heavy atom. The van der Waals surface area contributed by atoms with Gasteiger partial charge in [0.2, 0.25) is 5.91 Å². The predicted molar refractivity (Wildman–Crippen MR) is 113 cm³/mol. The van der Waals surface area contributed by atoms with Crippen molar-refractivity contribution < 1.29 is 4.79 Å². The van der Waals surface area contributed by atoms with Gasteiger partial charge in [0.05, 0.1) is 0 Å². The molecule has 1 aromatic carbocycles. The molecule has 4 aliphatic rings. The Morgan fingerprint density at radius 1 is 1.04 bits per heavy atom. The molecule has 2 saturated carbocycles. The number of likely N-dealkylation sites (tertiary alicyclic amines) is 1. The number of nitrogens with one attached hydrogen (secondary N) is 1. The number of hydrogen-bond acceptors (Lipinski definition) is 2. The highest BCUT2D eigenvalue weighted by atomic mass is 16.2. The zero-order valence-corrected chi connectivity index (χ0v) is 17.9. The largest absolute Gasteiger partial charge is 0.341 e. The van der Waals surface area contributed by atoms with E-state index in [1.165, 1.54) is 31.2 Å². The number of carbonyl (C=O) groups excluding carboxylic acids is 1. The van der Waals surface area contributed by atoms with E-state index in [1.54, 1.807) is 0 Å². The first-order chi connectivity index (χ1) is 13.2. The maximum Gasteiger partial charge on any atom is 0.228 e. The first-order valence-electron chi connectivity index (χ1n) is 11.3. The number of hydrogen-bond donors (Lipinski definition) is 1. The fourth-order valence-electron chi connectivity index (χ4n) is 7.83. The van der Waals surface area contributed by atoms with Crippen LogP contribution in [0.15, 0.2) is 30.3 Å². The van der Waals surface area contributed by atoms with Crippen LogP contribution < -0.4 is 5.32 Å². The average Bonchev–Trinajstić information content (AvgIpc) is 3.08. The number of amides is 1. The molecule has 5 rings (SSSR count). The number of rotatable bonds is 2. The van der Waals surface area contributed by atoms with Gasteiger partial charge in [-0.3, -0.25) is 4.79 Å². The van der Waals surface area contributed by atoms with Gasteiger partial charge in [-0.05, 0) is 67.4 Å². The molecule has 1 N–H and O–H groups in total. The molecule has 1 amide bonds. The van der Waals surface area contributed by atoms with Crippen LogP contribution in [0.2, 0.25) is 0 Å². The third-order valence-electron chi connectivity index (χ3n) is 8.38. The van der Waals surface area contributed by atoms with Crippen LogP contribution in [0.5, 0.6) is 0 Å². The summed E-state index contributed by atoms with van der Waals surface area (Å²) >= 11 is 0. The van der Waals surface area contributed by atoms with Crippen molar-refractivity contribution in [3.63, 3.8) is 0 Å². The molecule has 0 aromatic heterocycles. The highest BCUT2D eigenvalue weighted by Crippen LogP contribution is 2.61. The van der Waals surface area contributed by atoms with Crippen molar-refractivity contribution in [3.05, 3.63) is 35.9 Å². The molecule has 1 aromatic rings. The monoisotopic (exact) mass is 380 g/mol. The molecule has 2 aliphatic carbocycles. The zero-order valence-electron chi connectivity index (χ0n) is 17.9. The minimum atomic E-state index is -0.205. The van der Waals surface area contributed by atoms with E-state index in [1.807, 2.05) is 0 Å². The lowest BCUT2D eigenvalue weighted by atomic mass is 9.47. The number of benzene rings is 1. The smallest absolute Gasteiger partial charge is 0.228 e. The van der Waals surface area contributed by atoms with Crippen LogP contribution in [-0.2, 0) is 10.2 Å². The molecule has 2 aliphatic heterocycles. The standard InChI is InChI=1S/C25H36N2O/c1-22(2)11-19-12-23(3,21(28)27-17-24(18-27)9-10-26-16-24)15-25(13-19,14-22)20-7-5-4-6-8-20/h4-8,19,26H,9-18H2,1-3H3. The minimum Gasteiger partial charge on any atom is -0.341 e. The molecule has 3 nitrogen and oxygen atoms in total. The van der Waals surface area contributed by atoms with E-state index in [2.05, 4.69) is 61.3 Å². The summed E-state index contributed by atoms with van der Waals surface area (Å²) < 4.78 is 0. The fraction of sp³-hybridized carbons (Fsp3) is 0.720. The molecule has 152 valence electrons. The van der Waals surface area contributed by atoms with Crippen LogP contribution in [0.3, 0.4) is 0 Å². The molecule has 28 heavy (non-hydrogen) atoms. The van der Waals surface area contributed by atoms with E-state index >= 15 is 0 Å². The van der Waals surface area contributed by atoms with Gasteiger partial charge in [-0.1, -0.05) is 51.1 Å². The second-order valence-corrected chi connectivity index (χ2v) is 11.8. The first kappa shape index (κ1) is 18.7. The van der Waals surface area contributed by atoms with E-state index in [4.69, 9.17) is 0 Å². The van der Waals surface area contributed by atoms with Crippen molar-refractivity contribution in [2.75, 3.05) is 26.2 Å². The van der Waals surface area contributed by atoms with Crippen molar-refractivity contribution in [1.82, 2.24) is 10.2 Å². The first-order valence-corrected chi connectivity index (χ1v) is 11.3. The summed E-state index contributed by atoms with van der Waals surface area (Å²) in [6, 6.07) is 11.1. The minimum absolute atomic E-state index is 0.161. The normalized spacial score (nSPS) is 38.2. The third-order valence-corrected chi connectivity index (χ3v) is 8.38. The average molecular weight is 381 g/mol. The van der Waals surface area contributed by atoms with E-state index in [-0.39, 0.29) is 10.8 Å². The summed E-state index contributed by atoms with van der Waals surface area (Å²) in [5, 5.41) is 3.49. The molecule has 3 unspecified atom stereocenters. The van der Waals surface area contributed by atoms with Gasteiger partial charge in [-0.25, -0.2) is 0 Å². The van der Waals surface area contributed by atoms with Gasteiger partial charge in [-0.2, -0.15) is 0 Å². The number of carbonyl (C=O) groups is 1. The van der Waals surface area contributed by atoms with Crippen molar-refractivity contribution in [1.29, 1.82) is 0 Å². The summed E-state index contributed by atoms with van der Waals surface area (Å²) in [6.45, 7) is 11.3. The second kappa shape index (κ2) is 6.08. The quantitative estimate of drug-likeness (QED) is 0.826. The van der Waals surface area contributed by atoms with E-state index in [0.717, 1.165) is 39.0 Å².